The first-order valence-corrected chi connectivity index (χ1v) is 5.16. The second-order valence-corrected chi connectivity index (χ2v) is 3.74. The van der Waals surface area contributed by atoms with Crippen LogP contribution in [0.4, 0.5) is 0 Å². The number of benzene rings is 1. The monoisotopic (exact) mass is 230 g/mol. The smallest absolute Gasteiger partial charge is 0.153 e. The maximum Gasteiger partial charge on any atom is 0.153 e. The molecule has 0 bridgehead atoms. The summed E-state index contributed by atoms with van der Waals surface area (Å²) in [6, 6.07) is 5.58. The van der Waals surface area contributed by atoms with E-state index in [0.717, 1.165) is 16.6 Å². The molecule has 2 heterocycles. The summed E-state index contributed by atoms with van der Waals surface area (Å²) < 4.78 is 6.94. The number of nitrogens with zero attached hydrogens (tertiary/aromatic N) is 4. The van der Waals surface area contributed by atoms with Gasteiger partial charge in [-0.25, -0.2) is 0 Å². The summed E-state index contributed by atoms with van der Waals surface area (Å²) in [6.07, 6.45) is 1.60. The molecule has 0 aliphatic carbocycles. The molecule has 86 valence electrons. The molecule has 2 aromatic heterocycles. The summed E-state index contributed by atoms with van der Waals surface area (Å²) in [4.78, 5) is 0. The predicted octanol–water partition coefficient (Wildman–Crippen LogP) is 1.21. The fraction of sp³-hybridized carbons (Fsp3) is 0.182. The quantitative estimate of drug-likeness (QED) is 0.716. The third kappa shape index (κ3) is 1.50. The highest BCUT2D eigenvalue weighted by Crippen LogP contribution is 2.24. The van der Waals surface area contributed by atoms with Crippen LogP contribution in [0.1, 0.15) is 11.4 Å². The van der Waals surface area contributed by atoms with E-state index in [1.54, 1.807) is 10.9 Å². The molecular weight excluding hydrogens is 220 g/mol. The van der Waals surface area contributed by atoms with E-state index in [9.17, 15) is 5.11 Å². The fourth-order valence-corrected chi connectivity index (χ4v) is 1.85. The van der Waals surface area contributed by atoms with Crippen molar-refractivity contribution in [3.63, 3.8) is 0 Å². The summed E-state index contributed by atoms with van der Waals surface area (Å²) in [6.45, 7) is 1.73. The zero-order valence-electron chi connectivity index (χ0n) is 9.16. The summed E-state index contributed by atoms with van der Waals surface area (Å²) in [7, 11) is 0. The molecule has 6 heteroatoms. The van der Waals surface area contributed by atoms with Crippen molar-refractivity contribution < 1.29 is 9.52 Å². The maximum atomic E-state index is 9.32. The molecule has 0 fully saturated rings. The Kier molecular flexibility index (Phi) is 2.15. The van der Waals surface area contributed by atoms with Crippen LogP contribution in [-0.2, 0) is 6.61 Å². The molecule has 0 atom stereocenters. The Morgan fingerprint density at radius 2 is 2.29 bits per heavy atom. The zero-order valence-corrected chi connectivity index (χ0v) is 9.16. The molecule has 0 saturated heterocycles. The molecule has 1 N–H and O–H groups in total. The van der Waals surface area contributed by atoms with Crippen molar-refractivity contribution in [2.75, 3.05) is 0 Å². The molecule has 0 spiro atoms. The van der Waals surface area contributed by atoms with Crippen LogP contribution in [0, 0.1) is 6.92 Å². The van der Waals surface area contributed by atoms with Crippen LogP contribution in [0.25, 0.3) is 16.7 Å². The minimum absolute atomic E-state index is 0.0843. The summed E-state index contributed by atoms with van der Waals surface area (Å²) in [5.74, 6) is 0.691. The van der Waals surface area contributed by atoms with Gasteiger partial charge >= 0.3 is 0 Å². The minimum atomic E-state index is -0.0843. The second kappa shape index (κ2) is 3.67. The van der Waals surface area contributed by atoms with Gasteiger partial charge in [0, 0.05) is 10.9 Å². The molecule has 3 aromatic rings. The number of aromatic nitrogens is 4. The van der Waals surface area contributed by atoms with Gasteiger partial charge in [-0.3, -0.25) is 0 Å². The topological polar surface area (TPSA) is 77.0 Å². The van der Waals surface area contributed by atoms with Gasteiger partial charge in [-0.05, 0) is 35.5 Å². The third-order valence-electron chi connectivity index (χ3n) is 2.65. The first kappa shape index (κ1) is 9.98. The van der Waals surface area contributed by atoms with Gasteiger partial charge in [-0.1, -0.05) is 0 Å². The first-order valence-electron chi connectivity index (χ1n) is 5.16. The zero-order chi connectivity index (χ0) is 11.8. The van der Waals surface area contributed by atoms with E-state index in [0.29, 0.717) is 11.4 Å². The molecule has 0 saturated carbocycles. The van der Waals surface area contributed by atoms with Gasteiger partial charge in [0.2, 0.25) is 0 Å². The minimum Gasteiger partial charge on any atom is -0.464 e. The van der Waals surface area contributed by atoms with Crippen LogP contribution in [0.15, 0.2) is 28.9 Å². The Bertz CT molecular complexity index is 671. The van der Waals surface area contributed by atoms with E-state index in [2.05, 4.69) is 15.5 Å². The number of fused-ring (bicyclic) bond motifs is 1. The van der Waals surface area contributed by atoms with E-state index >= 15 is 0 Å². The average molecular weight is 230 g/mol. The van der Waals surface area contributed by atoms with Crippen molar-refractivity contribution in [3.05, 3.63) is 35.9 Å². The van der Waals surface area contributed by atoms with Crippen LogP contribution in [0.2, 0.25) is 0 Å². The van der Waals surface area contributed by atoms with Gasteiger partial charge in [0.15, 0.2) is 5.82 Å². The molecule has 0 radical (unpaired) electrons. The number of aliphatic hydroxyl groups excluding tert-OH is 1. The normalized spacial score (nSPS) is 11.2. The van der Waals surface area contributed by atoms with Gasteiger partial charge < -0.3 is 9.52 Å². The van der Waals surface area contributed by atoms with Crippen molar-refractivity contribution in [3.8, 4) is 5.69 Å². The van der Waals surface area contributed by atoms with Crippen molar-refractivity contribution in [1.82, 2.24) is 20.2 Å². The number of hydrogen-bond acceptors (Lipinski definition) is 5. The van der Waals surface area contributed by atoms with Crippen molar-refractivity contribution >= 4 is 11.0 Å². The first-order chi connectivity index (χ1) is 8.29. The van der Waals surface area contributed by atoms with Crippen LogP contribution in [0.5, 0.6) is 0 Å². The molecule has 0 aliphatic heterocycles. The summed E-state index contributed by atoms with van der Waals surface area (Å²) in [5.41, 5.74) is 2.23. The third-order valence-corrected chi connectivity index (χ3v) is 2.65. The lowest BCUT2D eigenvalue weighted by Gasteiger charge is -2.04. The molecule has 0 unspecified atom stereocenters. The van der Waals surface area contributed by atoms with Crippen molar-refractivity contribution in [2.45, 2.75) is 13.5 Å². The largest absolute Gasteiger partial charge is 0.464 e. The van der Waals surface area contributed by atoms with E-state index in [-0.39, 0.29) is 6.61 Å². The van der Waals surface area contributed by atoms with Gasteiger partial charge in [0.1, 0.15) is 5.58 Å². The van der Waals surface area contributed by atoms with Gasteiger partial charge in [0.25, 0.3) is 0 Å². The molecule has 0 aliphatic rings. The van der Waals surface area contributed by atoms with E-state index in [4.69, 9.17) is 4.42 Å². The van der Waals surface area contributed by atoms with Crippen LogP contribution in [0.3, 0.4) is 0 Å². The maximum absolute atomic E-state index is 9.32. The summed E-state index contributed by atoms with van der Waals surface area (Å²) in [5, 5.41) is 21.6. The Labute approximate surface area is 96.5 Å². The predicted molar refractivity (Wildman–Crippen MR) is 59.6 cm³/mol. The highest BCUT2D eigenvalue weighted by Gasteiger charge is 2.10. The van der Waals surface area contributed by atoms with Gasteiger partial charge in [-0.15, -0.1) is 5.10 Å². The van der Waals surface area contributed by atoms with Crippen LogP contribution < -0.4 is 0 Å². The SMILES string of the molecule is Cc1nnnn1-c1cc(CO)c2occc2c1. The molecular formula is C11H10N4O2. The molecule has 3 rings (SSSR count). The van der Waals surface area contributed by atoms with Crippen molar-refractivity contribution in [2.24, 2.45) is 0 Å². The highest BCUT2D eigenvalue weighted by atomic mass is 16.3. The molecule has 1 aromatic carbocycles. The van der Waals surface area contributed by atoms with Crippen molar-refractivity contribution in [1.29, 1.82) is 0 Å². The Morgan fingerprint density at radius 1 is 1.41 bits per heavy atom. The number of aliphatic hydroxyl groups is 1. The molecule has 17 heavy (non-hydrogen) atoms. The Balaban J connectivity index is 2.27. The number of furan rings is 1. The average Bonchev–Trinajstić information content (AvgIpc) is 2.95. The van der Waals surface area contributed by atoms with Crippen LogP contribution in [-0.4, -0.2) is 25.3 Å². The van der Waals surface area contributed by atoms with E-state index in [1.165, 1.54) is 0 Å². The van der Waals surface area contributed by atoms with Gasteiger partial charge in [-0.2, -0.15) is 4.68 Å². The fourth-order valence-electron chi connectivity index (χ4n) is 1.85. The van der Waals surface area contributed by atoms with E-state index < -0.39 is 0 Å². The number of tetrazole rings is 1. The number of hydrogen-bond donors (Lipinski definition) is 1. The number of rotatable bonds is 2. The lowest BCUT2D eigenvalue weighted by molar-refractivity contribution is 0.281. The molecule has 6 nitrogen and oxygen atoms in total. The standard InChI is InChI=1S/C11H10N4O2/c1-7-12-13-14-15(7)10-4-8-2-3-17-11(8)9(5-10)6-16/h2-5,16H,6H2,1H3. The Morgan fingerprint density at radius 3 is 3.00 bits per heavy atom. The lowest BCUT2D eigenvalue weighted by atomic mass is 10.1. The highest BCUT2D eigenvalue weighted by molar-refractivity contribution is 5.82. The van der Waals surface area contributed by atoms with Gasteiger partial charge in [0.05, 0.1) is 18.6 Å². The second-order valence-electron chi connectivity index (χ2n) is 3.74. The molecule has 0 amide bonds. The van der Waals surface area contributed by atoms with Crippen LogP contribution >= 0.6 is 0 Å². The Hall–Kier alpha value is -2.21. The number of aryl methyl sites for hydroxylation is 1. The summed E-state index contributed by atoms with van der Waals surface area (Å²) >= 11 is 0. The van der Waals surface area contributed by atoms with E-state index in [1.807, 2.05) is 25.1 Å². The lowest BCUT2D eigenvalue weighted by Crippen LogP contribution is -2.00.